The number of imidazole rings is 1. The van der Waals surface area contributed by atoms with Crippen LogP contribution in [0.1, 0.15) is 135 Å². The second-order valence-electron chi connectivity index (χ2n) is 8.93. The highest BCUT2D eigenvalue weighted by atomic mass is 15.1. The van der Waals surface area contributed by atoms with Crippen molar-refractivity contribution in [3.05, 3.63) is 18.2 Å². The van der Waals surface area contributed by atoms with E-state index in [4.69, 9.17) is 0 Å². The zero-order valence-electron chi connectivity index (χ0n) is 19.7. The molecule has 0 radical (unpaired) electrons. The molecule has 0 N–H and O–H groups in total. The van der Waals surface area contributed by atoms with Crippen molar-refractivity contribution in [1.82, 2.24) is 4.57 Å². The number of rotatable bonds is 20. The zero-order chi connectivity index (χ0) is 20.3. The van der Waals surface area contributed by atoms with Gasteiger partial charge in [-0.25, -0.2) is 9.13 Å². The van der Waals surface area contributed by atoms with Crippen LogP contribution in [0.15, 0.2) is 12.4 Å². The van der Waals surface area contributed by atoms with E-state index in [1.54, 1.807) is 0 Å². The fourth-order valence-electron chi connectivity index (χ4n) is 4.27. The van der Waals surface area contributed by atoms with Gasteiger partial charge < -0.3 is 0 Å². The van der Waals surface area contributed by atoms with Crippen molar-refractivity contribution in [2.45, 2.75) is 142 Å². The third-order valence-corrected chi connectivity index (χ3v) is 6.22. The van der Waals surface area contributed by atoms with Gasteiger partial charge in [-0.1, -0.05) is 110 Å². The first-order chi connectivity index (χ1) is 13.8. The van der Waals surface area contributed by atoms with Crippen LogP contribution in [0.3, 0.4) is 0 Å². The lowest BCUT2D eigenvalue weighted by atomic mass is 10.1. The van der Waals surface area contributed by atoms with E-state index in [1.165, 1.54) is 134 Å². The molecule has 0 fully saturated rings. The number of nitrogens with zero attached hydrogens (tertiary/aromatic N) is 2. The summed E-state index contributed by atoms with van der Waals surface area (Å²) in [5.41, 5.74) is 0. The van der Waals surface area contributed by atoms with E-state index < -0.39 is 0 Å². The third-order valence-electron chi connectivity index (χ3n) is 6.22. The Labute approximate surface area is 177 Å². The van der Waals surface area contributed by atoms with Gasteiger partial charge in [0.1, 0.15) is 12.4 Å². The summed E-state index contributed by atoms with van der Waals surface area (Å²) in [6, 6.07) is 0. The third kappa shape index (κ3) is 12.6. The van der Waals surface area contributed by atoms with Crippen molar-refractivity contribution in [2.24, 2.45) is 7.05 Å². The number of aromatic nitrogens is 2. The van der Waals surface area contributed by atoms with Gasteiger partial charge in [0.2, 0.25) is 0 Å². The molecule has 0 atom stereocenters. The van der Waals surface area contributed by atoms with Crippen molar-refractivity contribution < 1.29 is 4.57 Å². The van der Waals surface area contributed by atoms with Crippen LogP contribution in [0.5, 0.6) is 0 Å². The van der Waals surface area contributed by atoms with Gasteiger partial charge in [-0.2, -0.15) is 0 Å². The minimum atomic E-state index is 1.21. The molecule has 0 amide bonds. The molecule has 0 saturated carbocycles. The Bertz CT molecular complexity index is 449. The number of aryl methyl sites for hydroxylation is 2. The largest absolute Gasteiger partial charge is 0.256 e. The van der Waals surface area contributed by atoms with Crippen molar-refractivity contribution in [3.8, 4) is 0 Å². The molecule has 0 aliphatic rings. The molecule has 1 rings (SSSR count). The first-order valence-electron chi connectivity index (χ1n) is 12.8. The Hall–Kier alpha value is -0.790. The van der Waals surface area contributed by atoms with Crippen LogP contribution in [0.4, 0.5) is 0 Å². The summed E-state index contributed by atoms with van der Waals surface area (Å²) in [5.74, 6) is 1.53. The van der Waals surface area contributed by atoms with E-state index in [0.717, 1.165) is 0 Å². The fourth-order valence-corrected chi connectivity index (χ4v) is 4.27. The number of unbranched alkanes of at least 4 members (excludes halogenated alkanes) is 16. The molecule has 2 heteroatoms. The van der Waals surface area contributed by atoms with Crippen molar-refractivity contribution in [2.75, 3.05) is 0 Å². The first-order valence-corrected chi connectivity index (χ1v) is 12.8. The standard InChI is InChI=1S/C26H51N2/c1-4-6-8-10-12-14-16-18-20-22-26-27(3)24-25-28(26)23-21-19-17-15-13-11-9-7-5-2/h24-25H,4-23H2,1-3H3/q+1. The first kappa shape index (κ1) is 25.2. The van der Waals surface area contributed by atoms with Crippen LogP contribution < -0.4 is 4.57 Å². The predicted octanol–water partition coefficient (Wildman–Crippen LogP) is 7.92. The molecule has 1 heterocycles. The van der Waals surface area contributed by atoms with E-state index >= 15 is 0 Å². The second kappa shape index (κ2) is 18.3. The smallest absolute Gasteiger partial charge is 0.237 e. The summed E-state index contributed by atoms with van der Waals surface area (Å²) in [5, 5.41) is 0. The molecule has 0 spiro atoms. The Balaban J connectivity index is 2.06. The highest BCUT2D eigenvalue weighted by molar-refractivity contribution is 4.84. The SMILES string of the molecule is CCCCCCCCCCCc1n(CCCCCCCCCCC)cc[n+]1C. The summed E-state index contributed by atoms with van der Waals surface area (Å²) in [7, 11) is 2.22. The maximum absolute atomic E-state index is 2.52. The highest BCUT2D eigenvalue weighted by Crippen LogP contribution is 2.13. The lowest BCUT2D eigenvalue weighted by molar-refractivity contribution is -0.678. The van der Waals surface area contributed by atoms with Gasteiger partial charge >= 0.3 is 0 Å². The summed E-state index contributed by atoms with van der Waals surface area (Å²) < 4.78 is 4.87. The maximum atomic E-state index is 2.52. The van der Waals surface area contributed by atoms with Crippen molar-refractivity contribution in [1.29, 1.82) is 0 Å². The Morgan fingerprint density at radius 2 is 1.04 bits per heavy atom. The van der Waals surface area contributed by atoms with Crippen molar-refractivity contribution >= 4 is 0 Å². The van der Waals surface area contributed by atoms with Crippen LogP contribution in [-0.4, -0.2) is 4.57 Å². The summed E-state index contributed by atoms with van der Waals surface area (Å²) >= 11 is 0. The molecule has 1 aromatic rings. The van der Waals surface area contributed by atoms with Gasteiger partial charge in [-0.3, -0.25) is 0 Å². The Kier molecular flexibility index (Phi) is 16.5. The van der Waals surface area contributed by atoms with Gasteiger partial charge in [-0.15, -0.1) is 0 Å². The Morgan fingerprint density at radius 1 is 0.607 bits per heavy atom. The van der Waals surface area contributed by atoms with Crippen molar-refractivity contribution in [3.63, 3.8) is 0 Å². The second-order valence-corrected chi connectivity index (χ2v) is 8.93. The lowest BCUT2D eigenvalue weighted by Crippen LogP contribution is -2.32. The number of hydrogen-bond donors (Lipinski definition) is 0. The van der Waals surface area contributed by atoms with Crippen LogP contribution >= 0.6 is 0 Å². The normalized spacial score (nSPS) is 11.4. The molecule has 0 saturated heterocycles. The van der Waals surface area contributed by atoms with Crippen LogP contribution in [0.2, 0.25) is 0 Å². The molecule has 0 unspecified atom stereocenters. The molecular weight excluding hydrogens is 340 g/mol. The zero-order valence-corrected chi connectivity index (χ0v) is 19.7. The van der Waals surface area contributed by atoms with Gasteiger partial charge in [0.05, 0.1) is 13.6 Å². The Morgan fingerprint density at radius 3 is 1.54 bits per heavy atom. The minimum absolute atomic E-state index is 1.21. The molecule has 28 heavy (non-hydrogen) atoms. The van der Waals surface area contributed by atoms with Crippen LogP contribution in [-0.2, 0) is 20.0 Å². The molecule has 0 aliphatic heterocycles. The van der Waals surface area contributed by atoms with Crippen LogP contribution in [0.25, 0.3) is 0 Å². The van der Waals surface area contributed by atoms with Gasteiger partial charge in [-0.05, 0) is 19.3 Å². The predicted molar refractivity (Wildman–Crippen MR) is 124 cm³/mol. The maximum Gasteiger partial charge on any atom is 0.256 e. The molecule has 164 valence electrons. The van der Waals surface area contributed by atoms with E-state index in [0.29, 0.717) is 0 Å². The highest BCUT2D eigenvalue weighted by Gasteiger charge is 2.13. The summed E-state index contributed by atoms with van der Waals surface area (Å²) in [6.07, 6.45) is 31.2. The van der Waals surface area contributed by atoms with Gasteiger partial charge in [0, 0.05) is 6.42 Å². The summed E-state index contributed by atoms with van der Waals surface area (Å²) in [6.45, 7) is 5.81. The molecule has 2 nitrogen and oxygen atoms in total. The quantitative estimate of drug-likeness (QED) is 0.158. The summed E-state index contributed by atoms with van der Waals surface area (Å²) in [4.78, 5) is 0. The molecule has 1 aromatic heterocycles. The monoisotopic (exact) mass is 391 g/mol. The van der Waals surface area contributed by atoms with E-state index in [2.05, 4.69) is 42.4 Å². The minimum Gasteiger partial charge on any atom is -0.237 e. The van der Waals surface area contributed by atoms with E-state index in [-0.39, 0.29) is 0 Å². The topological polar surface area (TPSA) is 8.81 Å². The molecular formula is C26H51N2+. The van der Waals surface area contributed by atoms with Crippen LogP contribution in [0, 0.1) is 0 Å². The van der Waals surface area contributed by atoms with E-state index in [9.17, 15) is 0 Å². The van der Waals surface area contributed by atoms with E-state index in [1.807, 2.05) is 0 Å². The average Bonchev–Trinajstić information content (AvgIpc) is 3.05. The van der Waals surface area contributed by atoms with Gasteiger partial charge in [0.15, 0.2) is 0 Å². The lowest BCUT2D eigenvalue weighted by Gasteiger charge is -2.05. The number of hydrogen-bond acceptors (Lipinski definition) is 0. The average molecular weight is 392 g/mol. The molecule has 0 bridgehead atoms. The molecule has 0 aromatic carbocycles. The molecule has 0 aliphatic carbocycles. The fraction of sp³-hybridized carbons (Fsp3) is 0.885. The van der Waals surface area contributed by atoms with Gasteiger partial charge in [0.25, 0.3) is 5.82 Å².